The van der Waals surface area contributed by atoms with Crippen LogP contribution in [0.3, 0.4) is 0 Å². The van der Waals surface area contributed by atoms with Crippen LogP contribution in [0, 0.1) is 25.5 Å². The number of aryl methyl sites for hydroxylation is 2. The van der Waals surface area contributed by atoms with E-state index < -0.39 is 17.5 Å². The molecule has 0 aliphatic carbocycles. The van der Waals surface area contributed by atoms with Gasteiger partial charge in [0.25, 0.3) is 5.91 Å². The van der Waals surface area contributed by atoms with Crippen molar-refractivity contribution in [3.05, 3.63) is 64.2 Å². The zero-order valence-electron chi connectivity index (χ0n) is 13.4. The highest BCUT2D eigenvalue weighted by molar-refractivity contribution is 7.17. The molecule has 4 nitrogen and oxygen atoms in total. The number of carbonyl (C=O) groups excluding carboxylic acids is 1. The summed E-state index contributed by atoms with van der Waals surface area (Å²) in [7, 11) is 0. The molecule has 0 saturated heterocycles. The number of halogens is 2. The summed E-state index contributed by atoms with van der Waals surface area (Å²) in [5.41, 5.74) is 1.20. The number of carbonyl (C=O) groups is 1. The van der Waals surface area contributed by atoms with Crippen LogP contribution in [-0.2, 0) is 0 Å². The summed E-state index contributed by atoms with van der Waals surface area (Å²) >= 11 is 0.893. The van der Waals surface area contributed by atoms with Crippen molar-refractivity contribution in [2.75, 3.05) is 5.32 Å². The molecular formula is C18H14F2N2O2S. The molecule has 0 fully saturated rings. The Kier molecular flexibility index (Phi) is 4.50. The predicted molar refractivity (Wildman–Crippen MR) is 93.0 cm³/mol. The molecule has 1 heterocycles. The largest absolute Gasteiger partial charge is 0.506 e. The number of aromatic nitrogens is 1. The fraction of sp³-hybridized carbons (Fsp3) is 0.111. The Hall–Kier alpha value is -2.80. The molecule has 3 aromatic rings. The summed E-state index contributed by atoms with van der Waals surface area (Å²) in [6, 6.07) is 8.39. The maximum atomic E-state index is 13.9. The van der Waals surface area contributed by atoms with Gasteiger partial charge in [-0.3, -0.25) is 4.79 Å². The molecule has 0 unspecified atom stereocenters. The van der Waals surface area contributed by atoms with E-state index in [1.54, 1.807) is 19.1 Å². The number of rotatable bonds is 3. The van der Waals surface area contributed by atoms with E-state index in [9.17, 15) is 18.7 Å². The fourth-order valence-electron chi connectivity index (χ4n) is 2.34. The van der Waals surface area contributed by atoms with Gasteiger partial charge in [-0.05, 0) is 43.7 Å². The molecule has 3 rings (SSSR count). The summed E-state index contributed by atoms with van der Waals surface area (Å²) in [5.74, 6) is -2.04. The van der Waals surface area contributed by atoms with Gasteiger partial charge in [0.1, 0.15) is 27.3 Å². The molecule has 0 atom stereocenters. The molecule has 1 aromatic heterocycles. The molecule has 0 spiro atoms. The molecule has 0 bridgehead atoms. The lowest BCUT2D eigenvalue weighted by Gasteiger charge is -2.07. The highest BCUT2D eigenvalue weighted by Crippen LogP contribution is 2.33. The molecule has 0 aliphatic rings. The number of benzene rings is 2. The third-order valence-electron chi connectivity index (χ3n) is 3.58. The van der Waals surface area contributed by atoms with Gasteiger partial charge in [-0.15, -0.1) is 11.3 Å². The number of aromatic hydroxyl groups is 1. The third-order valence-corrected chi connectivity index (χ3v) is 4.75. The first-order valence-electron chi connectivity index (χ1n) is 7.39. The van der Waals surface area contributed by atoms with Crippen molar-refractivity contribution in [3.63, 3.8) is 0 Å². The van der Waals surface area contributed by atoms with Crippen molar-refractivity contribution in [1.82, 2.24) is 4.98 Å². The Bertz CT molecular complexity index is 949. The second kappa shape index (κ2) is 6.60. The number of nitrogens with zero attached hydrogens (tertiary/aromatic N) is 1. The molecule has 2 N–H and O–H groups in total. The number of thiazole rings is 1. The van der Waals surface area contributed by atoms with Crippen LogP contribution in [0.1, 0.15) is 20.9 Å². The van der Waals surface area contributed by atoms with E-state index in [0.717, 1.165) is 29.0 Å². The predicted octanol–water partition coefficient (Wildman–Crippen LogP) is 4.66. The number of phenolic OH excluding ortho intramolecular Hbond substituents is 1. The molecular weight excluding hydrogens is 346 g/mol. The van der Waals surface area contributed by atoms with Crippen LogP contribution in [-0.4, -0.2) is 16.0 Å². The van der Waals surface area contributed by atoms with Gasteiger partial charge in [0.05, 0.1) is 16.9 Å². The molecule has 25 heavy (non-hydrogen) atoms. The van der Waals surface area contributed by atoms with Crippen molar-refractivity contribution in [2.45, 2.75) is 13.8 Å². The molecule has 1 amide bonds. The second-order valence-corrected chi connectivity index (χ2v) is 6.50. The topological polar surface area (TPSA) is 62.2 Å². The van der Waals surface area contributed by atoms with Crippen molar-refractivity contribution < 1.29 is 18.7 Å². The lowest BCUT2D eigenvalue weighted by molar-refractivity contribution is 0.102. The summed E-state index contributed by atoms with van der Waals surface area (Å²) in [6.07, 6.45) is 0. The van der Waals surface area contributed by atoms with Gasteiger partial charge < -0.3 is 10.4 Å². The Balaban J connectivity index is 1.93. The van der Waals surface area contributed by atoms with Crippen molar-refractivity contribution in [3.8, 4) is 16.3 Å². The summed E-state index contributed by atoms with van der Waals surface area (Å²) in [6.45, 7) is 3.40. The van der Waals surface area contributed by atoms with E-state index in [4.69, 9.17) is 0 Å². The first kappa shape index (κ1) is 17.0. The number of hydrogen-bond acceptors (Lipinski definition) is 4. The van der Waals surface area contributed by atoms with E-state index in [0.29, 0.717) is 5.69 Å². The number of phenols is 1. The average Bonchev–Trinajstić information content (AvgIpc) is 2.91. The van der Waals surface area contributed by atoms with E-state index >= 15 is 0 Å². The van der Waals surface area contributed by atoms with Gasteiger partial charge in [-0.1, -0.05) is 12.1 Å². The van der Waals surface area contributed by atoms with Gasteiger partial charge in [0.2, 0.25) is 0 Å². The molecule has 7 heteroatoms. The smallest absolute Gasteiger partial charge is 0.267 e. The first-order chi connectivity index (χ1) is 11.9. The minimum atomic E-state index is -0.739. The minimum Gasteiger partial charge on any atom is -0.506 e. The van der Waals surface area contributed by atoms with Crippen molar-refractivity contribution in [2.24, 2.45) is 0 Å². The summed E-state index contributed by atoms with van der Waals surface area (Å²) in [5, 5.41) is 12.6. The zero-order valence-corrected chi connectivity index (χ0v) is 14.2. The molecule has 0 saturated carbocycles. The van der Waals surface area contributed by atoms with Gasteiger partial charge in [0, 0.05) is 0 Å². The normalized spacial score (nSPS) is 10.7. The molecule has 2 aromatic carbocycles. The van der Waals surface area contributed by atoms with Crippen LogP contribution < -0.4 is 5.32 Å². The number of nitrogens with one attached hydrogen (secondary N) is 1. The van der Waals surface area contributed by atoms with Gasteiger partial charge >= 0.3 is 0 Å². The maximum Gasteiger partial charge on any atom is 0.267 e. The van der Waals surface area contributed by atoms with E-state index in [-0.39, 0.29) is 26.9 Å². The Morgan fingerprint density at radius 2 is 1.84 bits per heavy atom. The SMILES string of the molecule is Cc1ccc(NC(=O)c2sc(-c3c(F)cccc3F)nc2C)c(O)c1. The zero-order chi connectivity index (χ0) is 18.1. The summed E-state index contributed by atoms with van der Waals surface area (Å²) < 4.78 is 27.8. The quantitative estimate of drug-likeness (QED) is 0.668. The number of anilines is 1. The Morgan fingerprint density at radius 1 is 1.16 bits per heavy atom. The highest BCUT2D eigenvalue weighted by Gasteiger charge is 2.21. The van der Waals surface area contributed by atoms with Crippen molar-refractivity contribution in [1.29, 1.82) is 0 Å². The first-order valence-corrected chi connectivity index (χ1v) is 8.21. The van der Waals surface area contributed by atoms with Gasteiger partial charge in [0.15, 0.2) is 0 Å². The van der Waals surface area contributed by atoms with Crippen molar-refractivity contribution >= 4 is 22.9 Å². The third kappa shape index (κ3) is 3.36. The standard InChI is InChI=1S/C18H14F2N2O2S/c1-9-6-7-13(14(23)8-9)22-17(24)16-10(2)21-18(25-16)15-11(19)4-3-5-12(15)20/h3-8,23H,1-2H3,(H,22,24). The average molecular weight is 360 g/mol. The minimum absolute atomic E-state index is 0.0594. The van der Waals surface area contributed by atoms with Crippen LogP contribution in [0.2, 0.25) is 0 Å². The lowest BCUT2D eigenvalue weighted by Crippen LogP contribution is -2.11. The van der Waals surface area contributed by atoms with E-state index in [1.807, 2.05) is 6.92 Å². The fourth-order valence-corrected chi connectivity index (χ4v) is 3.35. The maximum absolute atomic E-state index is 13.9. The van der Waals surface area contributed by atoms with Crippen LogP contribution in [0.4, 0.5) is 14.5 Å². The van der Waals surface area contributed by atoms with Crippen LogP contribution >= 0.6 is 11.3 Å². The lowest BCUT2D eigenvalue weighted by atomic mass is 10.2. The van der Waals surface area contributed by atoms with Crippen LogP contribution in [0.25, 0.3) is 10.6 Å². The second-order valence-electron chi connectivity index (χ2n) is 5.50. The van der Waals surface area contributed by atoms with E-state index in [2.05, 4.69) is 10.3 Å². The van der Waals surface area contributed by atoms with Gasteiger partial charge in [-0.2, -0.15) is 0 Å². The molecule has 0 radical (unpaired) electrons. The molecule has 0 aliphatic heterocycles. The summed E-state index contributed by atoms with van der Waals surface area (Å²) in [4.78, 5) is 16.8. The van der Waals surface area contributed by atoms with Crippen LogP contribution in [0.5, 0.6) is 5.75 Å². The highest BCUT2D eigenvalue weighted by atomic mass is 32.1. The monoisotopic (exact) mass is 360 g/mol. The van der Waals surface area contributed by atoms with E-state index in [1.165, 1.54) is 12.1 Å². The van der Waals surface area contributed by atoms with Crippen LogP contribution in [0.15, 0.2) is 36.4 Å². The number of amides is 1. The number of hydrogen-bond donors (Lipinski definition) is 2. The Morgan fingerprint density at radius 3 is 2.48 bits per heavy atom. The molecule has 128 valence electrons. The Labute approximate surface area is 146 Å². The van der Waals surface area contributed by atoms with Gasteiger partial charge in [-0.25, -0.2) is 13.8 Å².